The van der Waals surface area contributed by atoms with E-state index in [9.17, 15) is 18.1 Å². The second kappa shape index (κ2) is 8.74. The first kappa shape index (κ1) is 22.0. The van der Waals surface area contributed by atoms with Crippen LogP contribution >= 0.6 is 22.9 Å². The monoisotopic (exact) mass is 490 g/mol. The smallest absolute Gasteiger partial charge is 0.263 e. The zero-order chi connectivity index (χ0) is 22.9. The van der Waals surface area contributed by atoms with Crippen molar-refractivity contribution in [2.24, 2.45) is 5.92 Å². The molecule has 2 heterocycles. The maximum Gasteiger partial charge on any atom is 0.263 e. The molecule has 1 aliphatic rings. The number of nitrogens with one attached hydrogen (secondary N) is 2. The van der Waals surface area contributed by atoms with Crippen molar-refractivity contribution in [2.45, 2.75) is 18.0 Å². The van der Waals surface area contributed by atoms with Crippen LogP contribution in [0.25, 0.3) is 5.70 Å². The van der Waals surface area contributed by atoms with Gasteiger partial charge in [-0.1, -0.05) is 24.6 Å². The van der Waals surface area contributed by atoms with Crippen molar-refractivity contribution in [3.63, 3.8) is 0 Å². The number of benzene rings is 1. The highest BCUT2D eigenvalue weighted by Gasteiger charge is 2.25. The number of allylic oxidation sites excluding steroid dienone is 4. The van der Waals surface area contributed by atoms with Gasteiger partial charge < -0.3 is 5.32 Å². The Balaban J connectivity index is 1.61. The predicted octanol–water partition coefficient (Wildman–Crippen LogP) is 4.71. The number of hydrogen-bond acceptors (Lipinski definition) is 7. The third-order valence-electron chi connectivity index (χ3n) is 4.66. The Kier molecular flexibility index (Phi) is 6.01. The van der Waals surface area contributed by atoms with Crippen molar-refractivity contribution < 1.29 is 12.8 Å². The van der Waals surface area contributed by atoms with E-state index in [2.05, 4.69) is 26.2 Å². The number of aromatic nitrogens is 3. The van der Waals surface area contributed by atoms with Crippen LogP contribution in [0.2, 0.25) is 0 Å². The van der Waals surface area contributed by atoms with Crippen molar-refractivity contribution in [3.8, 4) is 6.07 Å². The fraction of sp³-hybridized carbons (Fsp3) is 0.150. The Morgan fingerprint density at radius 2 is 2.06 bits per heavy atom. The van der Waals surface area contributed by atoms with E-state index >= 15 is 0 Å². The summed E-state index contributed by atoms with van der Waals surface area (Å²) in [5.74, 6) is -0.111. The van der Waals surface area contributed by atoms with Crippen LogP contribution in [0.15, 0.2) is 64.1 Å². The topological polar surface area (TPSA) is 113 Å². The minimum Gasteiger partial charge on any atom is -0.339 e. The summed E-state index contributed by atoms with van der Waals surface area (Å²) in [6.07, 6.45) is 4.73. The first-order valence-electron chi connectivity index (χ1n) is 9.29. The van der Waals surface area contributed by atoms with Gasteiger partial charge >= 0.3 is 0 Å². The lowest BCUT2D eigenvalue weighted by atomic mass is 9.99. The fourth-order valence-electron chi connectivity index (χ4n) is 3.05. The summed E-state index contributed by atoms with van der Waals surface area (Å²) >= 11 is 7.20. The van der Waals surface area contributed by atoms with Gasteiger partial charge in [0.2, 0.25) is 0 Å². The number of alkyl halides is 1. The highest BCUT2D eigenvalue weighted by atomic mass is 35.5. The van der Waals surface area contributed by atoms with Crippen LogP contribution in [0, 0.1) is 17.2 Å². The average Bonchev–Trinajstić information content (AvgIpc) is 3.41. The van der Waals surface area contributed by atoms with E-state index in [1.54, 1.807) is 30.5 Å². The molecule has 0 amide bonds. The molecule has 3 aromatic rings. The molecule has 4 rings (SSSR count). The van der Waals surface area contributed by atoms with Crippen molar-refractivity contribution in [1.29, 1.82) is 5.26 Å². The highest BCUT2D eigenvalue weighted by Crippen LogP contribution is 2.33. The minimum absolute atomic E-state index is 0.0530. The van der Waals surface area contributed by atoms with Gasteiger partial charge in [-0.05, 0) is 30.3 Å². The molecule has 0 aliphatic heterocycles. The number of hydrogen-bond donors (Lipinski definition) is 2. The number of nitriles is 1. The van der Waals surface area contributed by atoms with Gasteiger partial charge in [0.15, 0.2) is 10.9 Å². The standard InChI is InChI=1S/C20H16ClFN6O2S2/c1-12-8-15(9-17(21)18(12)22)28-19(13(10-23)11-25-28)26-14-2-4-16(5-3-14)32(29,30)27-20-24-6-7-31-20/h2-9,11-12,18,26H,1H3,(H,24,27). The largest absolute Gasteiger partial charge is 0.339 e. The van der Waals surface area contributed by atoms with E-state index in [1.165, 1.54) is 46.6 Å². The van der Waals surface area contributed by atoms with Gasteiger partial charge in [0, 0.05) is 23.2 Å². The van der Waals surface area contributed by atoms with Crippen molar-refractivity contribution in [2.75, 3.05) is 10.0 Å². The molecule has 0 bridgehead atoms. The Morgan fingerprint density at radius 1 is 1.31 bits per heavy atom. The number of anilines is 3. The minimum atomic E-state index is -3.78. The van der Waals surface area contributed by atoms with Gasteiger partial charge in [-0.15, -0.1) is 11.3 Å². The second-order valence-corrected chi connectivity index (χ2v) is 9.92. The average molecular weight is 491 g/mol. The van der Waals surface area contributed by atoms with E-state index in [0.717, 1.165) is 0 Å². The predicted molar refractivity (Wildman–Crippen MR) is 122 cm³/mol. The second-order valence-electron chi connectivity index (χ2n) is 6.90. The van der Waals surface area contributed by atoms with Crippen LogP contribution in [-0.2, 0) is 10.0 Å². The molecule has 1 aromatic carbocycles. The third-order valence-corrected chi connectivity index (χ3v) is 7.15. The molecular formula is C20H16ClFN6O2S2. The Labute approximate surface area is 192 Å². The molecule has 8 nitrogen and oxygen atoms in total. The van der Waals surface area contributed by atoms with Crippen molar-refractivity contribution in [3.05, 3.63) is 64.8 Å². The first-order chi connectivity index (χ1) is 15.3. The third kappa shape index (κ3) is 4.38. The van der Waals surface area contributed by atoms with Crippen LogP contribution < -0.4 is 10.0 Å². The van der Waals surface area contributed by atoms with E-state index in [0.29, 0.717) is 17.2 Å². The zero-order valence-corrected chi connectivity index (χ0v) is 18.9. The lowest BCUT2D eigenvalue weighted by Gasteiger charge is -2.21. The maximum atomic E-state index is 14.0. The lowest BCUT2D eigenvalue weighted by Crippen LogP contribution is -2.17. The summed E-state index contributed by atoms with van der Waals surface area (Å²) in [5.41, 5.74) is 1.30. The molecule has 0 radical (unpaired) electrons. The van der Waals surface area contributed by atoms with Crippen LogP contribution in [0.3, 0.4) is 0 Å². The van der Waals surface area contributed by atoms with Gasteiger partial charge in [-0.3, -0.25) is 4.72 Å². The summed E-state index contributed by atoms with van der Waals surface area (Å²) in [4.78, 5) is 3.97. The molecule has 2 atom stereocenters. The fourth-order valence-corrected chi connectivity index (χ4v) is 5.15. The number of rotatable bonds is 6. The number of nitrogens with zero attached hydrogens (tertiary/aromatic N) is 4. The summed E-state index contributed by atoms with van der Waals surface area (Å²) in [7, 11) is -3.78. The van der Waals surface area contributed by atoms with E-state index in [-0.39, 0.29) is 20.6 Å². The Morgan fingerprint density at radius 3 is 2.69 bits per heavy atom. The summed E-state index contributed by atoms with van der Waals surface area (Å²) in [5, 5.41) is 18.8. The molecule has 1 aliphatic carbocycles. The van der Waals surface area contributed by atoms with Crippen molar-refractivity contribution in [1.82, 2.24) is 14.8 Å². The summed E-state index contributed by atoms with van der Waals surface area (Å²) in [6, 6.07) is 8.04. The van der Waals surface area contributed by atoms with Crippen LogP contribution in [0.1, 0.15) is 12.5 Å². The van der Waals surface area contributed by atoms with E-state index in [4.69, 9.17) is 11.6 Å². The van der Waals surface area contributed by atoms with Gasteiger partial charge in [-0.2, -0.15) is 10.4 Å². The van der Waals surface area contributed by atoms with Crippen LogP contribution in [-0.4, -0.2) is 29.4 Å². The highest BCUT2D eigenvalue weighted by molar-refractivity contribution is 7.93. The Hall–Kier alpha value is -3.20. The van der Waals surface area contributed by atoms with Gasteiger partial charge in [-0.25, -0.2) is 22.5 Å². The molecule has 0 fully saturated rings. The lowest BCUT2D eigenvalue weighted by molar-refractivity contribution is 0.328. The number of thiazole rings is 1. The molecule has 2 N–H and O–H groups in total. The molecular weight excluding hydrogens is 475 g/mol. The molecule has 0 saturated heterocycles. The zero-order valence-electron chi connectivity index (χ0n) is 16.5. The van der Waals surface area contributed by atoms with Crippen LogP contribution in [0.4, 0.5) is 21.0 Å². The maximum absolute atomic E-state index is 14.0. The number of halogens is 2. The van der Waals surface area contributed by atoms with Gasteiger partial charge in [0.25, 0.3) is 10.0 Å². The molecule has 2 unspecified atom stereocenters. The number of sulfonamides is 1. The van der Waals surface area contributed by atoms with E-state index in [1.807, 2.05) is 0 Å². The molecule has 0 saturated carbocycles. The SMILES string of the molecule is CC1C=C(n2ncc(C#N)c2Nc2ccc(S(=O)(=O)Nc3nccs3)cc2)C=C(Cl)C1F. The van der Waals surface area contributed by atoms with E-state index < -0.39 is 22.1 Å². The first-order valence-corrected chi connectivity index (χ1v) is 12.0. The molecule has 0 spiro atoms. The summed E-state index contributed by atoms with van der Waals surface area (Å²) in [6.45, 7) is 1.70. The van der Waals surface area contributed by atoms with Crippen LogP contribution in [0.5, 0.6) is 0 Å². The summed E-state index contributed by atoms with van der Waals surface area (Å²) < 4.78 is 42.9. The molecule has 32 heavy (non-hydrogen) atoms. The molecule has 12 heteroatoms. The van der Waals surface area contributed by atoms with Crippen molar-refractivity contribution >= 4 is 55.3 Å². The van der Waals surface area contributed by atoms with Gasteiger partial charge in [0.05, 0.1) is 21.8 Å². The van der Waals surface area contributed by atoms with Gasteiger partial charge in [0.1, 0.15) is 17.8 Å². The molecule has 2 aromatic heterocycles. The quantitative estimate of drug-likeness (QED) is 0.517. The normalized spacial score (nSPS) is 18.4. The Bertz CT molecular complexity index is 1340. The molecule has 164 valence electrons.